The van der Waals surface area contributed by atoms with Gasteiger partial charge in [0.15, 0.2) is 5.76 Å². The standard InChI is InChI=1S/C23H19N3O4/c1-14-11-18(15(2)26(14)19-9-7-16(8-10-19)23(28)29)13-24-25-22(27)21-12-17-5-3-4-6-20(17)30-21/h3-13H,1-2H3,(H,25,27)(H,28,29). The van der Waals surface area contributed by atoms with E-state index < -0.39 is 11.9 Å². The number of amides is 1. The normalized spacial score (nSPS) is 11.3. The molecule has 0 saturated heterocycles. The number of hydrogen-bond acceptors (Lipinski definition) is 4. The number of aryl methyl sites for hydroxylation is 1. The van der Waals surface area contributed by atoms with Crippen LogP contribution < -0.4 is 5.43 Å². The first kappa shape index (κ1) is 19.2. The van der Waals surface area contributed by atoms with Gasteiger partial charge in [-0.1, -0.05) is 18.2 Å². The molecular weight excluding hydrogens is 382 g/mol. The van der Waals surface area contributed by atoms with E-state index in [4.69, 9.17) is 9.52 Å². The number of carboxylic acid groups (broad SMARTS) is 1. The van der Waals surface area contributed by atoms with Gasteiger partial charge in [-0.2, -0.15) is 5.10 Å². The first-order chi connectivity index (χ1) is 14.4. The molecule has 2 N–H and O–H groups in total. The van der Waals surface area contributed by atoms with Crippen molar-refractivity contribution in [3.63, 3.8) is 0 Å². The van der Waals surface area contributed by atoms with Gasteiger partial charge in [0.1, 0.15) is 5.58 Å². The molecule has 0 spiro atoms. The third kappa shape index (κ3) is 3.60. The second-order valence-electron chi connectivity index (χ2n) is 6.86. The molecule has 7 nitrogen and oxygen atoms in total. The van der Waals surface area contributed by atoms with Crippen LogP contribution in [0.3, 0.4) is 0 Å². The zero-order valence-corrected chi connectivity index (χ0v) is 16.4. The van der Waals surface area contributed by atoms with Crippen molar-refractivity contribution in [1.82, 2.24) is 9.99 Å². The molecule has 2 aromatic carbocycles. The first-order valence-corrected chi connectivity index (χ1v) is 9.28. The van der Waals surface area contributed by atoms with E-state index in [1.54, 1.807) is 42.6 Å². The van der Waals surface area contributed by atoms with Gasteiger partial charge >= 0.3 is 11.9 Å². The number of carboxylic acids is 1. The monoisotopic (exact) mass is 401 g/mol. The average Bonchev–Trinajstić information content (AvgIpc) is 3.29. The van der Waals surface area contributed by atoms with Crippen molar-refractivity contribution in [3.8, 4) is 5.69 Å². The van der Waals surface area contributed by atoms with Crippen molar-refractivity contribution in [3.05, 3.63) is 88.9 Å². The summed E-state index contributed by atoms with van der Waals surface area (Å²) in [5.74, 6) is -1.20. The molecule has 0 unspecified atom stereocenters. The third-order valence-corrected chi connectivity index (χ3v) is 4.86. The highest BCUT2D eigenvalue weighted by molar-refractivity contribution is 5.96. The molecule has 0 bridgehead atoms. The molecule has 2 heterocycles. The Bertz CT molecular complexity index is 1250. The number of carbonyl (C=O) groups is 2. The Kier molecular flexibility index (Phi) is 4.93. The lowest BCUT2D eigenvalue weighted by Crippen LogP contribution is -2.16. The fourth-order valence-corrected chi connectivity index (χ4v) is 3.38. The molecule has 0 aliphatic heterocycles. The van der Waals surface area contributed by atoms with Crippen molar-refractivity contribution < 1.29 is 19.1 Å². The van der Waals surface area contributed by atoms with Gasteiger partial charge in [0.2, 0.25) is 0 Å². The van der Waals surface area contributed by atoms with Gasteiger partial charge in [0.05, 0.1) is 11.8 Å². The lowest BCUT2D eigenvalue weighted by molar-refractivity contribution is 0.0696. The molecule has 0 aliphatic carbocycles. The van der Waals surface area contributed by atoms with E-state index in [-0.39, 0.29) is 11.3 Å². The molecule has 2 aromatic heterocycles. The molecule has 30 heavy (non-hydrogen) atoms. The van der Waals surface area contributed by atoms with Gasteiger partial charge < -0.3 is 14.1 Å². The highest BCUT2D eigenvalue weighted by atomic mass is 16.4. The Morgan fingerprint density at radius 1 is 1.07 bits per heavy atom. The zero-order valence-electron chi connectivity index (χ0n) is 16.4. The number of fused-ring (bicyclic) bond motifs is 1. The van der Waals surface area contributed by atoms with Crippen molar-refractivity contribution in [2.45, 2.75) is 13.8 Å². The van der Waals surface area contributed by atoms with Crippen LogP contribution in [0.25, 0.3) is 16.7 Å². The second-order valence-corrected chi connectivity index (χ2v) is 6.86. The van der Waals surface area contributed by atoms with Gasteiger partial charge in [0.25, 0.3) is 0 Å². The molecule has 0 aliphatic rings. The number of benzene rings is 2. The Morgan fingerprint density at radius 3 is 2.50 bits per heavy atom. The van der Waals surface area contributed by atoms with Gasteiger partial charge in [0, 0.05) is 28.0 Å². The summed E-state index contributed by atoms with van der Waals surface area (Å²) in [6, 6.07) is 17.7. The quantitative estimate of drug-likeness (QED) is 0.385. The van der Waals surface area contributed by atoms with E-state index in [2.05, 4.69) is 10.5 Å². The van der Waals surface area contributed by atoms with Crippen LogP contribution in [0.2, 0.25) is 0 Å². The molecule has 0 saturated carbocycles. The molecule has 1 amide bonds. The summed E-state index contributed by atoms with van der Waals surface area (Å²) in [4.78, 5) is 23.3. The van der Waals surface area contributed by atoms with Crippen molar-refractivity contribution in [2.24, 2.45) is 5.10 Å². The Morgan fingerprint density at radius 2 is 1.80 bits per heavy atom. The van der Waals surface area contributed by atoms with Crippen molar-refractivity contribution in [2.75, 3.05) is 0 Å². The first-order valence-electron chi connectivity index (χ1n) is 9.28. The lowest BCUT2D eigenvalue weighted by Gasteiger charge is -2.09. The maximum Gasteiger partial charge on any atom is 0.335 e. The van der Waals surface area contributed by atoms with E-state index in [0.717, 1.165) is 28.0 Å². The van der Waals surface area contributed by atoms with Crippen LogP contribution in [-0.4, -0.2) is 27.8 Å². The summed E-state index contributed by atoms with van der Waals surface area (Å²) in [6.45, 7) is 3.88. The molecule has 0 atom stereocenters. The number of hydrogen-bond donors (Lipinski definition) is 2. The number of nitrogens with zero attached hydrogens (tertiary/aromatic N) is 2. The molecule has 4 rings (SSSR count). The summed E-state index contributed by atoms with van der Waals surface area (Å²) >= 11 is 0. The molecule has 4 aromatic rings. The van der Waals surface area contributed by atoms with Gasteiger partial charge in [-0.25, -0.2) is 10.2 Å². The topological polar surface area (TPSA) is 96.8 Å². The summed E-state index contributed by atoms with van der Waals surface area (Å²) in [5.41, 5.74) is 6.92. The largest absolute Gasteiger partial charge is 0.478 e. The van der Waals surface area contributed by atoms with E-state index in [1.165, 1.54) is 0 Å². The summed E-state index contributed by atoms with van der Waals surface area (Å²) < 4.78 is 7.53. The van der Waals surface area contributed by atoms with Gasteiger partial charge in [-0.3, -0.25) is 4.79 Å². The summed E-state index contributed by atoms with van der Waals surface area (Å²) in [6.07, 6.45) is 1.57. The van der Waals surface area contributed by atoms with Crippen LogP contribution >= 0.6 is 0 Å². The predicted octanol–water partition coefficient (Wildman–Crippen LogP) is 4.30. The van der Waals surface area contributed by atoms with Gasteiger partial charge in [-0.05, 0) is 56.3 Å². The van der Waals surface area contributed by atoms with Crippen LogP contribution in [0.15, 0.2) is 70.2 Å². The highest BCUT2D eigenvalue weighted by Gasteiger charge is 2.13. The molecule has 0 radical (unpaired) electrons. The van der Waals surface area contributed by atoms with E-state index in [0.29, 0.717) is 5.58 Å². The molecule has 7 heteroatoms. The van der Waals surface area contributed by atoms with Crippen LogP contribution in [0, 0.1) is 13.8 Å². The van der Waals surface area contributed by atoms with E-state index in [1.807, 2.05) is 42.7 Å². The number of furan rings is 1. The minimum atomic E-state index is -0.962. The average molecular weight is 401 g/mol. The number of aromatic carboxylic acids is 1. The maximum absolute atomic E-state index is 12.3. The minimum absolute atomic E-state index is 0.192. The molecule has 0 fully saturated rings. The third-order valence-electron chi connectivity index (χ3n) is 4.86. The van der Waals surface area contributed by atoms with Crippen LogP contribution in [0.4, 0.5) is 0 Å². The smallest absolute Gasteiger partial charge is 0.335 e. The van der Waals surface area contributed by atoms with Crippen LogP contribution in [0.1, 0.15) is 37.9 Å². The number of carbonyl (C=O) groups excluding carboxylic acids is 1. The fourth-order valence-electron chi connectivity index (χ4n) is 3.38. The number of nitrogens with one attached hydrogen (secondary N) is 1. The van der Waals surface area contributed by atoms with Crippen LogP contribution in [-0.2, 0) is 0 Å². The van der Waals surface area contributed by atoms with Crippen molar-refractivity contribution >= 4 is 29.1 Å². The SMILES string of the molecule is Cc1cc(C=NNC(=O)c2cc3ccccc3o2)c(C)n1-c1ccc(C(=O)O)cc1. The Balaban J connectivity index is 1.52. The van der Waals surface area contributed by atoms with Gasteiger partial charge in [-0.15, -0.1) is 0 Å². The van der Waals surface area contributed by atoms with E-state index in [9.17, 15) is 9.59 Å². The van der Waals surface area contributed by atoms with Crippen molar-refractivity contribution in [1.29, 1.82) is 0 Å². The fraction of sp³-hybridized carbons (Fsp3) is 0.0870. The predicted molar refractivity (Wildman–Crippen MR) is 113 cm³/mol. The number of hydrazone groups is 1. The van der Waals surface area contributed by atoms with Crippen LogP contribution in [0.5, 0.6) is 0 Å². The summed E-state index contributed by atoms with van der Waals surface area (Å²) in [5, 5.41) is 14.0. The molecule has 150 valence electrons. The lowest BCUT2D eigenvalue weighted by atomic mass is 10.2. The number of rotatable bonds is 5. The maximum atomic E-state index is 12.3. The second kappa shape index (κ2) is 7.71. The highest BCUT2D eigenvalue weighted by Crippen LogP contribution is 2.21. The Labute approximate surface area is 172 Å². The van der Waals surface area contributed by atoms with E-state index >= 15 is 0 Å². The minimum Gasteiger partial charge on any atom is -0.478 e. The number of aromatic nitrogens is 1. The summed E-state index contributed by atoms with van der Waals surface area (Å²) in [7, 11) is 0. The Hall–Kier alpha value is -4.13. The molecular formula is C23H19N3O4. The number of para-hydroxylation sites is 1. The zero-order chi connectivity index (χ0) is 21.3.